The summed E-state index contributed by atoms with van der Waals surface area (Å²) in [6, 6.07) is 5.70. The predicted octanol–water partition coefficient (Wildman–Crippen LogP) is 3.96. The van der Waals surface area contributed by atoms with E-state index in [1.807, 2.05) is 11.3 Å². The van der Waals surface area contributed by atoms with E-state index in [9.17, 15) is 0 Å². The fraction of sp³-hybridized carbons (Fsp3) is 0.636. The first kappa shape index (κ1) is 10.7. The number of thiophene rings is 1. The molecule has 1 fully saturated rings. The highest BCUT2D eigenvalue weighted by Crippen LogP contribution is 2.34. The summed E-state index contributed by atoms with van der Waals surface area (Å²) in [4.78, 5) is 1.46. The summed E-state index contributed by atoms with van der Waals surface area (Å²) in [5, 5.41) is 3.71. The summed E-state index contributed by atoms with van der Waals surface area (Å²) in [5.41, 5.74) is 0. The van der Waals surface area contributed by atoms with E-state index in [4.69, 9.17) is 0 Å². The average molecular weight is 274 g/mol. The molecule has 2 rings (SSSR count). The Kier molecular flexibility index (Phi) is 3.30. The van der Waals surface area contributed by atoms with Crippen LogP contribution in [0.1, 0.15) is 37.6 Å². The second kappa shape index (κ2) is 4.33. The topological polar surface area (TPSA) is 12.0 Å². The van der Waals surface area contributed by atoms with E-state index < -0.39 is 0 Å². The van der Waals surface area contributed by atoms with Crippen molar-refractivity contribution in [2.24, 2.45) is 5.92 Å². The fourth-order valence-electron chi connectivity index (χ4n) is 1.60. The molecular weight excluding hydrogens is 258 g/mol. The lowest BCUT2D eigenvalue weighted by molar-refractivity contribution is 0.415. The molecule has 1 aromatic rings. The standard InChI is InChI=1S/C11H16BrNS/c1-7(2)11(13-8-3-4-8)9-5-6-10(12)14-9/h5-8,11,13H,3-4H2,1-2H3. The first-order chi connectivity index (χ1) is 6.66. The lowest BCUT2D eigenvalue weighted by Gasteiger charge is -2.20. The summed E-state index contributed by atoms with van der Waals surface area (Å²) in [5.74, 6) is 0.668. The SMILES string of the molecule is CC(C)C(NC1CC1)c1ccc(Br)s1. The van der Waals surface area contributed by atoms with E-state index in [1.165, 1.54) is 21.5 Å². The van der Waals surface area contributed by atoms with E-state index >= 15 is 0 Å². The highest BCUT2D eigenvalue weighted by Gasteiger charge is 2.27. The minimum Gasteiger partial charge on any atom is -0.306 e. The first-order valence-electron chi connectivity index (χ1n) is 5.18. The second-order valence-electron chi connectivity index (χ2n) is 4.30. The van der Waals surface area contributed by atoms with Crippen LogP contribution in [0, 0.1) is 5.92 Å². The average Bonchev–Trinajstić information content (AvgIpc) is 2.84. The summed E-state index contributed by atoms with van der Waals surface area (Å²) in [6.45, 7) is 4.57. The van der Waals surface area contributed by atoms with Crippen LogP contribution in [-0.4, -0.2) is 6.04 Å². The van der Waals surface area contributed by atoms with Gasteiger partial charge in [0, 0.05) is 17.0 Å². The van der Waals surface area contributed by atoms with Gasteiger partial charge in [-0.05, 0) is 46.8 Å². The van der Waals surface area contributed by atoms with Crippen LogP contribution >= 0.6 is 27.3 Å². The molecule has 1 nitrogen and oxygen atoms in total. The van der Waals surface area contributed by atoms with Gasteiger partial charge in [0.05, 0.1) is 3.79 Å². The molecule has 1 unspecified atom stereocenters. The Morgan fingerprint density at radius 3 is 2.57 bits per heavy atom. The minimum absolute atomic E-state index is 0.541. The molecule has 0 aromatic carbocycles. The smallest absolute Gasteiger partial charge is 0.0701 e. The summed E-state index contributed by atoms with van der Waals surface area (Å²) < 4.78 is 1.23. The molecule has 1 saturated carbocycles. The monoisotopic (exact) mass is 273 g/mol. The molecule has 0 spiro atoms. The van der Waals surface area contributed by atoms with Crippen molar-refractivity contribution >= 4 is 27.3 Å². The Morgan fingerprint density at radius 2 is 2.14 bits per heavy atom. The Labute approximate surface area is 98.0 Å². The largest absolute Gasteiger partial charge is 0.306 e. The molecule has 3 heteroatoms. The van der Waals surface area contributed by atoms with Crippen molar-refractivity contribution in [3.8, 4) is 0 Å². The number of hydrogen-bond donors (Lipinski definition) is 1. The third-order valence-corrected chi connectivity index (χ3v) is 4.27. The fourth-order valence-corrected chi connectivity index (χ4v) is 3.26. The summed E-state index contributed by atoms with van der Waals surface area (Å²) in [7, 11) is 0. The molecule has 14 heavy (non-hydrogen) atoms. The van der Waals surface area contributed by atoms with Crippen LogP contribution in [0.2, 0.25) is 0 Å². The van der Waals surface area contributed by atoms with Gasteiger partial charge < -0.3 is 5.32 Å². The number of halogens is 1. The molecule has 0 radical (unpaired) electrons. The quantitative estimate of drug-likeness (QED) is 0.876. The first-order valence-corrected chi connectivity index (χ1v) is 6.79. The maximum absolute atomic E-state index is 3.71. The maximum Gasteiger partial charge on any atom is 0.0701 e. The summed E-state index contributed by atoms with van der Waals surface area (Å²) in [6.07, 6.45) is 2.71. The van der Waals surface area contributed by atoms with Crippen molar-refractivity contribution in [1.29, 1.82) is 0 Å². The molecule has 0 bridgehead atoms. The van der Waals surface area contributed by atoms with Gasteiger partial charge in [-0.15, -0.1) is 11.3 Å². The third kappa shape index (κ3) is 2.59. The molecule has 1 aromatic heterocycles. The molecular formula is C11H16BrNS. The van der Waals surface area contributed by atoms with Crippen molar-refractivity contribution in [2.45, 2.75) is 38.8 Å². The van der Waals surface area contributed by atoms with Gasteiger partial charge in [-0.1, -0.05) is 13.8 Å². The molecule has 1 N–H and O–H groups in total. The van der Waals surface area contributed by atoms with Crippen molar-refractivity contribution in [1.82, 2.24) is 5.32 Å². The normalized spacial score (nSPS) is 18.9. The number of hydrogen-bond acceptors (Lipinski definition) is 2. The molecule has 78 valence electrons. The van der Waals surface area contributed by atoms with E-state index in [0.717, 1.165) is 6.04 Å². The van der Waals surface area contributed by atoms with Crippen molar-refractivity contribution in [3.05, 3.63) is 20.8 Å². The van der Waals surface area contributed by atoms with Crippen LogP contribution in [0.5, 0.6) is 0 Å². The molecule has 1 atom stereocenters. The molecule has 0 amide bonds. The maximum atomic E-state index is 3.71. The van der Waals surface area contributed by atoms with E-state index in [1.54, 1.807) is 0 Å². The van der Waals surface area contributed by atoms with Gasteiger partial charge in [-0.3, -0.25) is 0 Å². The zero-order valence-electron chi connectivity index (χ0n) is 8.59. The minimum atomic E-state index is 0.541. The summed E-state index contributed by atoms with van der Waals surface area (Å²) >= 11 is 5.37. The Bertz CT molecular complexity index is 304. The zero-order chi connectivity index (χ0) is 10.1. The molecule has 0 saturated heterocycles. The second-order valence-corrected chi connectivity index (χ2v) is 6.80. The lowest BCUT2D eigenvalue weighted by Crippen LogP contribution is -2.26. The van der Waals surface area contributed by atoms with Crippen LogP contribution in [0.15, 0.2) is 15.9 Å². The van der Waals surface area contributed by atoms with E-state index in [-0.39, 0.29) is 0 Å². The van der Waals surface area contributed by atoms with Gasteiger partial charge in [0.1, 0.15) is 0 Å². The molecule has 1 heterocycles. The van der Waals surface area contributed by atoms with Crippen molar-refractivity contribution < 1.29 is 0 Å². The third-order valence-electron chi connectivity index (χ3n) is 2.56. The lowest BCUT2D eigenvalue weighted by atomic mass is 10.0. The van der Waals surface area contributed by atoms with E-state index in [2.05, 4.69) is 47.2 Å². The van der Waals surface area contributed by atoms with Gasteiger partial charge >= 0.3 is 0 Å². The Morgan fingerprint density at radius 1 is 1.43 bits per heavy atom. The van der Waals surface area contributed by atoms with Crippen LogP contribution in [0.4, 0.5) is 0 Å². The molecule has 1 aliphatic rings. The predicted molar refractivity (Wildman–Crippen MR) is 65.8 cm³/mol. The number of nitrogens with one attached hydrogen (secondary N) is 1. The van der Waals surface area contributed by atoms with Crippen molar-refractivity contribution in [2.75, 3.05) is 0 Å². The van der Waals surface area contributed by atoms with Crippen LogP contribution in [-0.2, 0) is 0 Å². The van der Waals surface area contributed by atoms with Gasteiger partial charge in [0.15, 0.2) is 0 Å². The van der Waals surface area contributed by atoms with Crippen LogP contribution < -0.4 is 5.32 Å². The van der Waals surface area contributed by atoms with Crippen LogP contribution in [0.3, 0.4) is 0 Å². The highest BCUT2D eigenvalue weighted by molar-refractivity contribution is 9.11. The zero-order valence-corrected chi connectivity index (χ0v) is 11.0. The molecule has 0 aliphatic heterocycles. The Hall–Kier alpha value is 0.140. The van der Waals surface area contributed by atoms with Gasteiger partial charge in [0.2, 0.25) is 0 Å². The molecule has 1 aliphatic carbocycles. The van der Waals surface area contributed by atoms with Gasteiger partial charge in [0.25, 0.3) is 0 Å². The number of rotatable bonds is 4. The highest BCUT2D eigenvalue weighted by atomic mass is 79.9. The Balaban J connectivity index is 2.08. The van der Waals surface area contributed by atoms with Crippen molar-refractivity contribution in [3.63, 3.8) is 0 Å². The van der Waals surface area contributed by atoms with Gasteiger partial charge in [-0.2, -0.15) is 0 Å². The van der Waals surface area contributed by atoms with E-state index in [0.29, 0.717) is 12.0 Å². The van der Waals surface area contributed by atoms with Gasteiger partial charge in [-0.25, -0.2) is 0 Å². The van der Waals surface area contributed by atoms with Crippen LogP contribution in [0.25, 0.3) is 0 Å².